The molecule has 5 nitrogen and oxygen atoms in total. The van der Waals surface area contributed by atoms with Gasteiger partial charge < -0.3 is 20.5 Å². The van der Waals surface area contributed by atoms with Crippen LogP contribution in [0, 0.1) is 0 Å². The fourth-order valence-electron chi connectivity index (χ4n) is 3.97. The molecule has 2 aromatic carbocycles. The summed E-state index contributed by atoms with van der Waals surface area (Å²) in [7, 11) is 0. The van der Waals surface area contributed by atoms with E-state index in [4.69, 9.17) is 0 Å². The van der Waals surface area contributed by atoms with Crippen molar-refractivity contribution in [3.63, 3.8) is 0 Å². The number of aliphatic hydroxyl groups excluding tert-OH is 1. The summed E-state index contributed by atoms with van der Waals surface area (Å²) in [6.07, 6.45) is 0.216. The number of aliphatic hydroxyl groups is 1. The van der Waals surface area contributed by atoms with Gasteiger partial charge in [0.05, 0.1) is 11.6 Å². The first-order valence-electron chi connectivity index (χ1n) is 8.88. The number of fused-ring (bicyclic) bond motifs is 2. The minimum Gasteiger partial charge on any atom is -0.506 e. The molecule has 1 aliphatic rings. The molecule has 0 aliphatic heterocycles. The van der Waals surface area contributed by atoms with Crippen LogP contribution in [-0.2, 0) is 6.42 Å². The number of phenolic OH excluding ortho intramolecular Hbond substituents is 1. The van der Waals surface area contributed by atoms with E-state index in [-0.39, 0.29) is 17.4 Å². The lowest BCUT2D eigenvalue weighted by atomic mass is 9.99. The summed E-state index contributed by atoms with van der Waals surface area (Å²) in [6, 6.07) is 15.0. The number of H-pyrrole nitrogens is 1. The van der Waals surface area contributed by atoms with Gasteiger partial charge >= 0.3 is 0 Å². The summed E-state index contributed by atoms with van der Waals surface area (Å²) in [4.78, 5) is 14.2. The van der Waals surface area contributed by atoms with E-state index >= 15 is 0 Å². The van der Waals surface area contributed by atoms with Crippen molar-refractivity contribution in [3.8, 4) is 5.75 Å². The number of aromatic amines is 1. The zero-order chi connectivity index (χ0) is 18.3. The fourth-order valence-corrected chi connectivity index (χ4v) is 3.97. The monoisotopic (exact) mass is 350 g/mol. The highest BCUT2D eigenvalue weighted by Crippen LogP contribution is 2.33. The van der Waals surface area contributed by atoms with E-state index in [0.717, 1.165) is 6.42 Å². The van der Waals surface area contributed by atoms with Crippen molar-refractivity contribution < 1.29 is 10.2 Å². The van der Waals surface area contributed by atoms with E-state index < -0.39 is 6.10 Å². The molecular weight excluding hydrogens is 328 g/mol. The Morgan fingerprint density at radius 3 is 2.81 bits per heavy atom. The molecule has 0 unspecified atom stereocenters. The van der Waals surface area contributed by atoms with Crippen molar-refractivity contribution in [2.24, 2.45) is 0 Å². The maximum absolute atomic E-state index is 11.5. The summed E-state index contributed by atoms with van der Waals surface area (Å²) < 4.78 is 0. The van der Waals surface area contributed by atoms with Crippen LogP contribution in [0.3, 0.4) is 0 Å². The first-order valence-corrected chi connectivity index (χ1v) is 8.88. The minimum atomic E-state index is -0.736. The first-order chi connectivity index (χ1) is 12.5. The fraction of sp³-hybridized carbons (Fsp3) is 0.286. The summed E-state index contributed by atoms with van der Waals surface area (Å²) >= 11 is 0. The van der Waals surface area contributed by atoms with Crippen LogP contribution in [0.2, 0.25) is 0 Å². The third-order valence-corrected chi connectivity index (χ3v) is 5.43. The average molecular weight is 350 g/mol. The number of hydrogen-bond acceptors (Lipinski definition) is 4. The lowest BCUT2D eigenvalue weighted by molar-refractivity contribution is 0.170. The Hall–Kier alpha value is -2.63. The van der Waals surface area contributed by atoms with Crippen LogP contribution >= 0.6 is 0 Å². The Labute approximate surface area is 151 Å². The molecule has 0 spiro atoms. The predicted octanol–water partition coefficient (Wildman–Crippen LogP) is 2.59. The molecule has 3 atom stereocenters. The molecule has 0 bridgehead atoms. The van der Waals surface area contributed by atoms with Crippen molar-refractivity contribution in [2.45, 2.75) is 31.4 Å². The molecule has 0 fully saturated rings. The average Bonchev–Trinajstić information content (AvgIpc) is 2.97. The van der Waals surface area contributed by atoms with Gasteiger partial charge in [0.2, 0.25) is 5.56 Å². The Bertz CT molecular complexity index is 1010. The predicted molar refractivity (Wildman–Crippen MR) is 102 cm³/mol. The number of aromatic nitrogens is 1. The summed E-state index contributed by atoms with van der Waals surface area (Å²) in [5.74, 6) is 0.396. The first kappa shape index (κ1) is 16.8. The molecule has 1 aromatic heterocycles. The van der Waals surface area contributed by atoms with E-state index in [1.807, 2.05) is 0 Å². The number of benzene rings is 2. The summed E-state index contributed by atoms with van der Waals surface area (Å²) in [6.45, 7) is 2.61. The second-order valence-corrected chi connectivity index (χ2v) is 7.01. The van der Waals surface area contributed by atoms with Gasteiger partial charge in [-0.3, -0.25) is 4.79 Å². The van der Waals surface area contributed by atoms with Gasteiger partial charge in [0.25, 0.3) is 0 Å². The lowest BCUT2D eigenvalue weighted by Gasteiger charge is -2.21. The summed E-state index contributed by atoms with van der Waals surface area (Å²) in [5, 5.41) is 24.8. The van der Waals surface area contributed by atoms with Crippen LogP contribution in [0.5, 0.6) is 5.75 Å². The quantitative estimate of drug-likeness (QED) is 0.583. The second-order valence-electron chi connectivity index (χ2n) is 7.01. The van der Waals surface area contributed by atoms with Crippen LogP contribution in [0.15, 0.2) is 53.3 Å². The lowest BCUT2D eigenvalue weighted by Crippen LogP contribution is -2.35. The van der Waals surface area contributed by atoms with Crippen LogP contribution < -0.4 is 10.9 Å². The molecule has 1 aliphatic carbocycles. The molecule has 3 aromatic rings. The van der Waals surface area contributed by atoms with Crippen LogP contribution in [0.4, 0.5) is 0 Å². The Balaban J connectivity index is 1.53. The number of rotatable bonds is 4. The van der Waals surface area contributed by atoms with E-state index in [9.17, 15) is 15.0 Å². The van der Waals surface area contributed by atoms with E-state index in [1.54, 1.807) is 12.1 Å². The number of aromatic hydroxyl groups is 1. The molecule has 1 heterocycles. The Morgan fingerprint density at radius 2 is 2.00 bits per heavy atom. The molecule has 0 saturated heterocycles. The Morgan fingerprint density at radius 1 is 1.19 bits per heavy atom. The van der Waals surface area contributed by atoms with Gasteiger partial charge in [0.15, 0.2) is 0 Å². The van der Waals surface area contributed by atoms with Crippen molar-refractivity contribution in [2.75, 3.05) is 6.54 Å². The van der Waals surface area contributed by atoms with Gasteiger partial charge in [-0.05, 0) is 41.2 Å². The van der Waals surface area contributed by atoms with Crippen molar-refractivity contribution >= 4 is 10.9 Å². The molecule has 0 saturated carbocycles. The smallest absolute Gasteiger partial charge is 0.248 e. The SMILES string of the molecule is C[C@@H]1c2ccccc2C[C@@H]1NC[C@H](O)c1ccc(O)c2[nH]c(=O)ccc12. The minimum absolute atomic E-state index is 0.00136. The Kier molecular flexibility index (Phi) is 4.26. The van der Waals surface area contributed by atoms with Gasteiger partial charge in [-0.25, -0.2) is 0 Å². The molecule has 4 rings (SSSR count). The molecule has 0 radical (unpaired) electrons. The highest BCUT2D eigenvalue weighted by Gasteiger charge is 2.28. The normalized spacial score (nSPS) is 20.2. The molecule has 26 heavy (non-hydrogen) atoms. The highest BCUT2D eigenvalue weighted by atomic mass is 16.3. The van der Waals surface area contributed by atoms with Crippen LogP contribution in [-0.4, -0.2) is 27.8 Å². The van der Waals surface area contributed by atoms with Gasteiger partial charge in [0, 0.05) is 24.0 Å². The van der Waals surface area contributed by atoms with Gasteiger partial charge in [0.1, 0.15) is 5.75 Å². The highest BCUT2D eigenvalue weighted by molar-refractivity contribution is 5.87. The topological polar surface area (TPSA) is 85.3 Å². The number of pyridine rings is 1. The molecule has 4 N–H and O–H groups in total. The van der Waals surface area contributed by atoms with Gasteiger partial charge in [-0.2, -0.15) is 0 Å². The molecular formula is C21H22N2O3. The summed E-state index contributed by atoms with van der Waals surface area (Å²) in [5.41, 5.74) is 3.49. The van der Waals surface area contributed by atoms with Crippen LogP contribution in [0.25, 0.3) is 10.9 Å². The van der Waals surface area contributed by atoms with E-state index in [1.165, 1.54) is 23.3 Å². The third kappa shape index (κ3) is 2.89. The van der Waals surface area contributed by atoms with Crippen molar-refractivity contribution in [1.82, 2.24) is 10.3 Å². The van der Waals surface area contributed by atoms with Crippen molar-refractivity contribution in [1.29, 1.82) is 0 Å². The maximum Gasteiger partial charge on any atom is 0.248 e. The zero-order valence-electron chi connectivity index (χ0n) is 14.6. The number of hydrogen-bond donors (Lipinski definition) is 4. The largest absolute Gasteiger partial charge is 0.506 e. The number of nitrogens with one attached hydrogen (secondary N) is 2. The van der Waals surface area contributed by atoms with E-state index in [2.05, 4.69) is 41.5 Å². The van der Waals surface area contributed by atoms with Gasteiger partial charge in [-0.1, -0.05) is 37.3 Å². The molecule has 0 amide bonds. The van der Waals surface area contributed by atoms with Gasteiger partial charge in [-0.15, -0.1) is 0 Å². The van der Waals surface area contributed by atoms with E-state index in [0.29, 0.717) is 28.9 Å². The maximum atomic E-state index is 11.5. The zero-order valence-corrected chi connectivity index (χ0v) is 14.6. The van der Waals surface area contributed by atoms with Crippen molar-refractivity contribution in [3.05, 3.63) is 75.6 Å². The second kappa shape index (κ2) is 6.59. The standard InChI is InChI=1S/C21H22N2O3/c1-12-14-5-3-2-4-13(14)10-17(12)22-11-19(25)15-6-8-18(24)21-16(15)7-9-20(26)23-21/h2-9,12,17,19,22,24-25H,10-11H2,1H3,(H,23,26)/t12-,17+,19+/m1/s1. The third-order valence-electron chi connectivity index (χ3n) is 5.43. The number of phenols is 1. The molecule has 134 valence electrons. The molecule has 5 heteroatoms. The van der Waals surface area contributed by atoms with Crippen LogP contribution in [0.1, 0.15) is 35.6 Å².